The van der Waals surface area contributed by atoms with E-state index in [-0.39, 0.29) is 17.1 Å². The van der Waals surface area contributed by atoms with Crippen LogP contribution in [0.3, 0.4) is 0 Å². The van der Waals surface area contributed by atoms with E-state index in [1.54, 1.807) is 6.07 Å². The molecule has 1 aromatic carbocycles. The van der Waals surface area contributed by atoms with Crippen molar-refractivity contribution in [2.45, 2.75) is 12.3 Å². The van der Waals surface area contributed by atoms with Crippen LogP contribution in [0.1, 0.15) is 23.2 Å². The fraction of sp³-hybridized carbons (Fsp3) is 0.316. The van der Waals surface area contributed by atoms with Crippen LogP contribution in [0.4, 0.5) is 11.5 Å². The molecule has 0 aliphatic carbocycles. The zero-order chi connectivity index (χ0) is 18.3. The minimum Gasteiger partial charge on any atom is -0.379 e. The van der Waals surface area contributed by atoms with Crippen LogP contribution < -0.4 is 10.2 Å². The van der Waals surface area contributed by atoms with Crippen LogP contribution in [0.2, 0.25) is 0 Å². The number of hydrogen-bond acceptors (Lipinski definition) is 6. The predicted molar refractivity (Wildman–Crippen MR) is 98.7 cm³/mol. The lowest BCUT2D eigenvalue weighted by Gasteiger charge is -2.35. The van der Waals surface area contributed by atoms with E-state index in [1.807, 2.05) is 56.3 Å². The Labute approximate surface area is 150 Å². The third-order valence-electron chi connectivity index (χ3n) is 4.58. The van der Waals surface area contributed by atoms with Crippen LogP contribution in [0.15, 0.2) is 40.9 Å². The van der Waals surface area contributed by atoms with Crippen LogP contribution in [0.5, 0.6) is 0 Å². The molecule has 134 valence electrons. The number of aromatic nitrogens is 2. The van der Waals surface area contributed by atoms with Crippen LogP contribution >= 0.6 is 0 Å². The fourth-order valence-electron chi connectivity index (χ4n) is 2.86. The van der Waals surface area contributed by atoms with E-state index < -0.39 is 0 Å². The van der Waals surface area contributed by atoms with E-state index in [9.17, 15) is 4.79 Å². The van der Waals surface area contributed by atoms with Gasteiger partial charge in [0.25, 0.3) is 5.91 Å². The first-order valence-electron chi connectivity index (χ1n) is 8.39. The molecule has 0 atom stereocenters. The smallest absolute Gasteiger partial charge is 0.294 e. The zero-order valence-corrected chi connectivity index (χ0v) is 14.9. The zero-order valence-electron chi connectivity index (χ0n) is 14.9. The normalized spacial score (nSPS) is 15.5. The number of carbonyl (C=O) groups excluding carboxylic acids is 1. The molecule has 26 heavy (non-hydrogen) atoms. The number of pyridine rings is 1. The van der Waals surface area contributed by atoms with Gasteiger partial charge in [-0.3, -0.25) is 4.79 Å². The Kier molecular flexibility index (Phi) is 3.88. The molecule has 1 amide bonds. The topological polar surface area (TPSA) is 80.5 Å². The second-order valence-corrected chi connectivity index (χ2v) is 7.06. The maximum Gasteiger partial charge on any atom is 0.294 e. The number of nitrogens with zero attached hydrogens (tertiary/aromatic N) is 3. The predicted octanol–water partition coefficient (Wildman–Crippen LogP) is 2.83. The molecule has 1 aliphatic rings. The Bertz CT molecular complexity index is 976. The molecule has 1 fully saturated rings. The minimum atomic E-state index is -0.329. The Morgan fingerprint density at radius 1 is 1.19 bits per heavy atom. The number of fused-ring (bicyclic) bond motifs is 1. The summed E-state index contributed by atoms with van der Waals surface area (Å²) in [6.45, 7) is 3.22. The van der Waals surface area contributed by atoms with Crippen molar-refractivity contribution in [2.24, 2.45) is 0 Å². The molecule has 0 bridgehead atoms. The molecule has 2 aromatic heterocycles. The van der Waals surface area contributed by atoms with Gasteiger partial charge in [-0.25, -0.2) is 4.98 Å². The summed E-state index contributed by atoms with van der Waals surface area (Å²) in [5.74, 6) is 0.746. The van der Waals surface area contributed by atoms with Crippen molar-refractivity contribution in [2.75, 3.05) is 37.5 Å². The average Bonchev–Trinajstić information content (AvgIpc) is 3.09. The van der Waals surface area contributed by atoms with Gasteiger partial charge in [-0.15, -0.1) is 0 Å². The van der Waals surface area contributed by atoms with Gasteiger partial charge in [0.1, 0.15) is 5.82 Å². The molecule has 1 N–H and O–H groups in total. The second kappa shape index (κ2) is 6.10. The molecule has 7 heteroatoms. The molecule has 0 unspecified atom stereocenters. The van der Waals surface area contributed by atoms with Crippen LogP contribution in [0.25, 0.3) is 10.9 Å². The van der Waals surface area contributed by atoms with Gasteiger partial charge in [0.2, 0.25) is 5.76 Å². The van der Waals surface area contributed by atoms with E-state index in [0.717, 1.165) is 22.4 Å². The average molecular weight is 352 g/mol. The quantitative estimate of drug-likeness (QED) is 0.778. The molecule has 3 heterocycles. The lowest BCUT2D eigenvalue weighted by atomic mass is 9.85. The number of amides is 1. The van der Waals surface area contributed by atoms with Gasteiger partial charge >= 0.3 is 0 Å². The third kappa shape index (κ3) is 2.90. The molecule has 4 rings (SSSR count). The molecule has 0 spiro atoms. The number of nitrogens with one attached hydrogen (secondary N) is 1. The summed E-state index contributed by atoms with van der Waals surface area (Å²) in [6, 6.07) is 11.2. The standard InChI is InChI=1S/C19H20N4O3/c1-19(10-25-11-19)16-9-15(26-22-16)18(24)20-13-5-6-14-12(8-13)4-7-17(21-14)23(2)3/h4-9H,10-11H2,1-3H3,(H,20,24). The first-order chi connectivity index (χ1) is 12.4. The van der Waals surface area contributed by atoms with E-state index in [2.05, 4.69) is 15.5 Å². The highest BCUT2D eigenvalue weighted by Crippen LogP contribution is 2.31. The van der Waals surface area contributed by atoms with Gasteiger partial charge in [0, 0.05) is 31.2 Å². The molecular weight excluding hydrogens is 332 g/mol. The maximum absolute atomic E-state index is 12.4. The second-order valence-electron chi connectivity index (χ2n) is 7.06. The van der Waals surface area contributed by atoms with Gasteiger partial charge < -0.3 is 19.5 Å². The van der Waals surface area contributed by atoms with Crippen LogP contribution in [-0.4, -0.2) is 43.4 Å². The largest absolute Gasteiger partial charge is 0.379 e. The Hall–Kier alpha value is -2.93. The Balaban J connectivity index is 1.53. The number of benzene rings is 1. The lowest BCUT2D eigenvalue weighted by molar-refractivity contribution is -0.0532. The van der Waals surface area contributed by atoms with Crippen molar-refractivity contribution in [1.82, 2.24) is 10.1 Å². The lowest BCUT2D eigenvalue weighted by Crippen LogP contribution is -2.44. The molecule has 1 saturated heterocycles. The molecule has 0 radical (unpaired) electrons. The van der Waals surface area contributed by atoms with Gasteiger partial charge in [-0.05, 0) is 37.3 Å². The molecule has 3 aromatic rings. The van der Waals surface area contributed by atoms with Crippen molar-refractivity contribution >= 4 is 28.3 Å². The minimum absolute atomic E-state index is 0.166. The third-order valence-corrected chi connectivity index (χ3v) is 4.58. The number of hydrogen-bond donors (Lipinski definition) is 1. The molecule has 0 saturated carbocycles. The Morgan fingerprint density at radius 2 is 2.00 bits per heavy atom. The monoisotopic (exact) mass is 352 g/mol. The van der Waals surface area contributed by atoms with E-state index in [0.29, 0.717) is 18.9 Å². The number of carbonyl (C=O) groups is 1. The van der Waals surface area contributed by atoms with Crippen molar-refractivity contribution in [1.29, 1.82) is 0 Å². The number of anilines is 2. The molecule has 1 aliphatic heterocycles. The first-order valence-corrected chi connectivity index (χ1v) is 8.39. The van der Waals surface area contributed by atoms with E-state index in [1.165, 1.54) is 0 Å². The maximum atomic E-state index is 12.4. The van der Waals surface area contributed by atoms with Crippen molar-refractivity contribution in [3.63, 3.8) is 0 Å². The Morgan fingerprint density at radius 3 is 2.69 bits per heavy atom. The highest BCUT2D eigenvalue weighted by atomic mass is 16.5. The first kappa shape index (κ1) is 16.5. The summed E-state index contributed by atoms with van der Waals surface area (Å²) >= 11 is 0. The summed E-state index contributed by atoms with van der Waals surface area (Å²) < 4.78 is 10.4. The highest BCUT2D eigenvalue weighted by molar-refractivity contribution is 6.03. The van der Waals surface area contributed by atoms with Gasteiger partial charge in [-0.2, -0.15) is 0 Å². The molecular formula is C19H20N4O3. The highest BCUT2D eigenvalue weighted by Gasteiger charge is 2.38. The van der Waals surface area contributed by atoms with Crippen molar-refractivity contribution < 1.29 is 14.1 Å². The van der Waals surface area contributed by atoms with Gasteiger partial charge in [0.05, 0.1) is 29.8 Å². The fourth-order valence-corrected chi connectivity index (χ4v) is 2.86. The summed E-state index contributed by atoms with van der Waals surface area (Å²) in [6.07, 6.45) is 0. The van der Waals surface area contributed by atoms with Crippen molar-refractivity contribution in [3.05, 3.63) is 47.9 Å². The summed E-state index contributed by atoms with van der Waals surface area (Å²) in [5, 5.41) is 7.81. The summed E-state index contributed by atoms with van der Waals surface area (Å²) in [7, 11) is 3.90. The van der Waals surface area contributed by atoms with Crippen molar-refractivity contribution in [3.8, 4) is 0 Å². The summed E-state index contributed by atoms with van der Waals surface area (Å²) in [4.78, 5) is 19.0. The van der Waals surface area contributed by atoms with Crippen LogP contribution in [-0.2, 0) is 10.2 Å². The SMILES string of the molecule is CN(C)c1ccc2cc(NC(=O)c3cc(C4(C)COC4)no3)ccc2n1. The van der Waals surface area contributed by atoms with E-state index in [4.69, 9.17) is 9.26 Å². The summed E-state index contributed by atoms with van der Waals surface area (Å²) in [5.41, 5.74) is 2.13. The van der Waals surface area contributed by atoms with Gasteiger partial charge in [-0.1, -0.05) is 5.16 Å². The van der Waals surface area contributed by atoms with Crippen LogP contribution in [0, 0.1) is 0 Å². The molecule has 7 nitrogen and oxygen atoms in total. The van der Waals surface area contributed by atoms with Gasteiger partial charge in [0.15, 0.2) is 0 Å². The van der Waals surface area contributed by atoms with E-state index >= 15 is 0 Å². The number of rotatable bonds is 4. The number of ether oxygens (including phenoxy) is 1.